The summed E-state index contributed by atoms with van der Waals surface area (Å²) in [6.07, 6.45) is 0.647. The lowest BCUT2D eigenvalue weighted by Gasteiger charge is -2.11. The highest BCUT2D eigenvalue weighted by atomic mass is 32.2. The maximum absolute atomic E-state index is 12.8. The van der Waals surface area contributed by atoms with Gasteiger partial charge in [-0.15, -0.1) is 0 Å². The van der Waals surface area contributed by atoms with E-state index in [0.29, 0.717) is 10.8 Å². The van der Waals surface area contributed by atoms with Crippen LogP contribution in [0.4, 0.5) is 0 Å². The van der Waals surface area contributed by atoms with E-state index in [0.717, 1.165) is 13.3 Å². The number of nitrogens with zero attached hydrogens (tertiary/aromatic N) is 1. The first-order chi connectivity index (χ1) is 14.2. The van der Waals surface area contributed by atoms with Gasteiger partial charge in [-0.2, -0.15) is 0 Å². The smallest absolute Gasteiger partial charge is 0.310 e. The Bertz CT molecular complexity index is 1270. The number of nitrogens with one attached hydrogen (secondary N) is 1. The lowest BCUT2D eigenvalue weighted by Crippen LogP contribution is -2.31. The van der Waals surface area contributed by atoms with E-state index in [4.69, 9.17) is 5.73 Å². The first-order valence-corrected chi connectivity index (χ1v) is 10.1. The number of hydrogen-bond donors (Lipinski definition) is 2. The predicted octanol–water partition coefficient (Wildman–Crippen LogP) is 1.17. The molecule has 0 fully saturated rings. The van der Waals surface area contributed by atoms with Crippen molar-refractivity contribution in [2.45, 2.75) is 11.3 Å². The van der Waals surface area contributed by atoms with Crippen LogP contribution in [-0.4, -0.2) is 38.3 Å². The van der Waals surface area contributed by atoms with Gasteiger partial charge in [0.1, 0.15) is 5.69 Å². The van der Waals surface area contributed by atoms with Crippen LogP contribution in [0.2, 0.25) is 0 Å². The molecule has 30 heavy (non-hydrogen) atoms. The lowest BCUT2D eigenvalue weighted by molar-refractivity contribution is -0.139. The Balaban J connectivity index is 1.95. The summed E-state index contributed by atoms with van der Waals surface area (Å²) in [4.78, 5) is 39.4. The first kappa shape index (κ1) is 20.9. The highest BCUT2D eigenvalue weighted by molar-refractivity contribution is 7.90. The Hall–Kier alpha value is -3.79. The van der Waals surface area contributed by atoms with Crippen LogP contribution in [-0.2, 0) is 26.0 Å². The fourth-order valence-corrected chi connectivity index (χ4v) is 4.09. The maximum Gasteiger partial charge on any atom is 0.310 e. The van der Waals surface area contributed by atoms with Gasteiger partial charge in [-0.1, -0.05) is 36.4 Å². The average Bonchev–Trinajstić information content (AvgIpc) is 2.72. The number of nitrogens with two attached hydrogens (primary N) is 1. The van der Waals surface area contributed by atoms with E-state index in [1.165, 1.54) is 12.1 Å². The second kappa shape index (κ2) is 8.29. The molecule has 9 nitrogen and oxygen atoms in total. The van der Waals surface area contributed by atoms with Crippen LogP contribution in [0.15, 0.2) is 59.6 Å². The first-order valence-electron chi connectivity index (χ1n) is 8.63. The molecule has 0 unspecified atom stereocenters. The van der Waals surface area contributed by atoms with Crippen molar-refractivity contribution in [3.05, 3.63) is 71.5 Å². The average molecular weight is 427 g/mol. The number of primary amides is 1. The van der Waals surface area contributed by atoms with Crippen molar-refractivity contribution < 1.29 is 27.5 Å². The molecule has 3 aromatic rings. The van der Waals surface area contributed by atoms with Crippen LogP contribution in [0.3, 0.4) is 0 Å². The zero-order valence-electron chi connectivity index (χ0n) is 15.8. The van der Waals surface area contributed by atoms with E-state index < -0.39 is 27.8 Å². The molecule has 0 aliphatic carbocycles. The van der Waals surface area contributed by atoms with Gasteiger partial charge in [-0.25, -0.2) is 18.1 Å². The van der Waals surface area contributed by atoms with Crippen molar-refractivity contribution in [2.24, 2.45) is 5.73 Å². The highest BCUT2D eigenvalue weighted by Gasteiger charge is 2.23. The molecule has 1 heterocycles. The molecule has 0 spiro atoms. The quantitative estimate of drug-likeness (QED) is 0.562. The van der Waals surface area contributed by atoms with Gasteiger partial charge in [0.05, 0.1) is 24.0 Å². The van der Waals surface area contributed by atoms with Gasteiger partial charge in [0.25, 0.3) is 21.8 Å². The molecule has 154 valence electrons. The van der Waals surface area contributed by atoms with Crippen LogP contribution in [0, 0.1) is 0 Å². The van der Waals surface area contributed by atoms with E-state index in [-0.39, 0.29) is 28.1 Å². The lowest BCUT2D eigenvalue weighted by atomic mass is 10.1. The molecular formula is C20H17N3O6S. The van der Waals surface area contributed by atoms with E-state index in [2.05, 4.69) is 9.72 Å². The second-order valence-corrected chi connectivity index (χ2v) is 7.91. The van der Waals surface area contributed by atoms with Crippen molar-refractivity contribution in [3.63, 3.8) is 0 Å². The Kier molecular flexibility index (Phi) is 5.79. The number of ether oxygens (including phenoxy) is 1. The van der Waals surface area contributed by atoms with E-state index in [1.807, 2.05) is 4.72 Å². The van der Waals surface area contributed by atoms with Gasteiger partial charge in [-0.3, -0.25) is 14.4 Å². The third-order valence-electron chi connectivity index (χ3n) is 4.29. The summed E-state index contributed by atoms with van der Waals surface area (Å²) in [5.74, 6) is -2.55. The Labute approximate surface area is 171 Å². The minimum Gasteiger partial charge on any atom is -0.469 e. The normalized spacial score (nSPS) is 11.1. The number of amides is 2. The molecule has 0 radical (unpaired) electrons. The number of esters is 1. The number of aromatic nitrogens is 1. The third-order valence-corrected chi connectivity index (χ3v) is 5.68. The van der Waals surface area contributed by atoms with Crippen molar-refractivity contribution >= 4 is 38.6 Å². The number of rotatable bonds is 6. The number of methoxy groups -OCH3 is 1. The van der Waals surface area contributed by atoms with E-state index in [1.54, 1.807) is 36.4 Å². The molecule has 2 amide bonds. The highest BCUT2D eigenvalue weighted by Crippen LogP contribution is 2.23. The van der Waals surface area contributed by atoms with Crippen LogP contribution in [0.25, 0.3) is 10.8 Å². The number of carbonyl (C=O) groups is 3. The molecule has 0 aliphatic rings. The molecule has 0 bridgehead atoms. The number of carbonyl (C=O) groups excluding carboxylic acids is 3. The summed E-state index contributed by atoms with van der Waals surface area (Å²) in [6, 6.07) is 12.7. The number of pyridine rings is 1. The molecule has 1 aromatic heterocycles. The van der Waals surface area contributed by atoms with Gasteiger partial charge in [0.2, 0.25) is 0 Å². The van der Waals surface area contributed by atoms with Gasteiger partial charge in [0.15, 0.2) is 0 Å². The topological polar surface area (TPSA) is 146 Å². The van der Waals surface area contributed by atoms with Crippen LogP contribution in [0.5, 0.6) is 0 Å². The Morgan fingerprint density at radius 3 is 2.50 bits per heavy atom. The second-order valence-electron chi connectivity index (χ2n) is 6.26. The molecule has 2 aromatic carbocycles. The molecule has 0 saturated heterocycles. The maximum atomic E-state index is 12.8. The van der Waals surface area contributed by atoms with Gasteiger partial charge >= 0.3 is 5.97 Å². The van der Waals surface area contributed by atoms with Crippen molar-refractivity contribution in [3.8, 4) is 0 Å². The summed E-state index contributed by atoms with van der Waals surface area (Å²) < 4.78 is 32.2. The molecular weight excluding hydrogens is 410 g/mol. The fourth-order valence-electron chi connectivity index (χ4n) is 2.88. The van der Waals surface area contributed by atoms with Crippen molar-refractivity contribution in [2.75, 3.05) is 7.11 Å². The summed E-state index contributed by atoms with van der Waals surface area (Å²) in [5, 5.41) is 1.15. The number of fused-ring (bicyclic) bond motifs is 1. The number of benzene rings is 2. The third kappa shape index (κ3) is 4.28. The largest absolute Gasteiger partial charge is 0.469 e. The summed E-state index contributed by atoms with van der Waals surface area (Å²) in [7, 11) is -3.05. The molecule has 3 N–H and O–H groups in total. The summed E-state index contributed by atoms with van der Waals surface area (Å²) in [6.45, 7) is 0. The van der Waals surface area contributed by atoms with Gasteiger partial charge in [-0.05, 0) is 23.1 Å². The zero-order chi connectivity index (χ0) is 21.9. The minimum atomic E-state index is -4.21. The number of hydrogen-bond acceptors (Lipinski definition) is 7. The van der Waals surface area contributed by atoms with Crippen LogP contribution < -0.4 is 10.5 Å². The molecule has 0 aliphatic heterocycles. The van der Waals surface area contributed by atoms with Gasteiger partial charge < -0.3 is 10.5 Å². The SMILES string of the molecule is COC(=O)Cc1cc(C(=O)NS(=O)(=O)c2cccc3ccccc23)cnc1C(N)=O. The standard InChI is InChI=1S/C20H17N3O6S/c1-29-17(24)10-13-9-14(11-22-18(13)19(21)25)20(26)23-30(27,28)16-8-4-6-12-5-2-3-7-15(12)16/h2-9,11H,10H2,1H3,(H2,21,25)(H,23,26). The van der Waals surface area contributed by atoms with E-state index in [9.17, 15) is 22.8 Å². The molecule has 0 atom stereocenters. The Morgan fingerprint density at radius 1 is 1.10 bits per heavy atom. The monoisotopic (exact) mass is 427 g/mol. The molecule has 10 heteroatoms. The fraction of sp³-hybridized carbons (Fsp3) is 0.100. The van der Waals surface area contributed by atoms with Crippen molar-refractivity contribution in [1.82, 2.24) is 9.71 Å². The van der Waals surface area contributed by atoms with Crippen molar-refractivity contribution in [1.29, 1.82) is 0 Å². The summed E-state index contributed by atoms with van der Waals surface area (Å²) >= 11 is 0. The minimum absolute atomic E-state index is 0.0459. The van der Waals surface area contributed by atoms with E-state index >= 15 is 0 Å². The zero-order valence-corrected chi connectivity index (χ0v) is 16.6. The summed E-state index contributed by atoms with van der Waals surface area (Å²) in [5.41, 5.74) is 4.91. The predicted molar refractivity (Wildman–Crippen MR) is 107 cm³/mol. The molecule has 0 saturated carbocycles. The van der Waals surface area contributed by atoms with Crippen LogP contribution in [0.1, 0.15) is 26.4 Å². The molecule has 3 rings (SSSR count). The number of sulfonamides is 1. The van der Waals surface area contributed by atoms with Crippen LogP contribution >= 0.6 is 0 Å². The van der Waals surface area contributed by atoms with Gasteiger partial charge in [0, 0.05) is 11.6 Å². The Morgan fingerprint density at radius 2 is 1.80 bits per heavy atom.